The number of hydrogen-bond acceptors (Lipinski definition) is 3. The minimum Gasteiger partial charge on any atom is -0.352 e. The fourth-order valence-corrected chi connectivity index (χ4v) is 1.99. The predicted molar refractivity (Wildman–Crippen MR) is 78.5 cm³/mol. The smallest absolute Gasteiger partial charge is 0.251 e. The Labute approximate surface area is 123 Å². The fourth-order valence-electron chi connectivity index (χ4n) is 1.77. The predicted octanol–water partition coefficient (Wildman–Crippen LogP) is 2.10. The van der Waals surface area contributed by atoms with Crippen LogP contribution in [0.3, 0.4) is 0 Å². The molecule has 1 aromatic rings. The van der Waals surface area contributed by atoms with Crippen LogP contribution in [0.2, 0.25) is 0 Å². The van der Waals surface area contributed by atoms with Gasteiger partial charge in [0, 0.05) is 36.5 Å². The van der Waals surface area contributed by atoms with Crippen LogP contribution in [0.25, 0.3) is 0 Å². The Bertz CT molecular complexity index is 490. The summed E-state index contributed by atoms with van der Waals surface area (Å²) in [5, 5.41) is 2.64. The molecule has 0 spiro atoms. The van der Waals surface area contributed by atoms with E-state index in [1.54, 1.807) is 4.90 Å². The Hall–Kier alpha value is -1.56. The quantitative estimate of drug-likeness (QED) is 0.790. The molecule has 2 amide bonds. The zero-order valence-electron chi connectivity index (χ0n) is 11.6. The molecule has 0 unspecified atom stereocenters. The van der Waals surface area contributed by atoms with Crippen molar-refractivity contribution in [3.63, 3.8) is 0 Å². The summed E-state index contributed by atoms with van der Waals surface area (Å²) < 4.78 is 13.0. The summed E-state index contributed by atoms with van der Waals surface area (Å²) in [6, 6.07) is 3.94. The minimum atomic E-state index is -0.471. The van der Waals surface area contributed by atoms with E-state index in [4.69, 9.17) is 0 Å². The molecule has 1 N–H and O–H groups in total. The second-order valence-electron chi connectivity index (χ2n) is 4.24. The summed E-state index contributed by atoms with van der Waals surface area (Å²) in [6.45, 7) is 5.39. The molecule has 6 heteroatoms. The van der Waals surface area contributed by atoms with Gasteiger partial charge in [0.1, 0.15) is 5.82 Å². The number of benzene rings is 1. The number of thiol groups is 1. The number of rotatable bonds is 6. The van der Waals surface area contributed by atoms with Crippen molar-refractivity contribution in [3.8, 4) is 0 Å². The topological polar surface area (TPSA) is 49.4 Å². The van der Waals surface area contributed by atoms with Crippen molar-refractivity contribution in [1.29, 1.82) is 0 Å². The first kappa shape index (κ1) is 16.5. The van der Waals surface area contributed by atoms with Crippen LogP contribution in [0.15, 0.2) is 23.1 Å². The van der Waals surface area contributed by atoms with E-state index < -0.39 is 5.82 Å². The van der Waals surface area contributed by atoms with E-state index in [0.29, 0.717) is 18.7 Å². The summed E-state index contributed by atoms with van der Waals surface area (Å²) in [5.41, 5.74) is 0.326. The van der Waals surface area contributed by atoms with E-state index >= 15 is 0 Å². The lowest BCUT2D eigenvalue weighted by Gasteiger charge is -2.18. The third-order valence-corrected chi connectivity index (χ3v) is 3.29. The normalized spacial score (nSPS) is 10.2. The average molecular weight is 298 g/mol. The van der Waals surface area contributed by atoms with Crippen LogP contribution in [0.1, 0.15) is 30.6 Å². The highest BCUT2D eigenvalue weighted by atomic mass is 32.1. The van der Waals surface area contributed by atoms with Gasteiger partial charge in [0.05, 0.1) is 0 Å². The average Bonchev–Trinajstić information content (AvgIpc) is 2.43. The number of carbonyl (C=O) groups is 2. The number of amides is 2. The third kappa shape index (κ3) is 4.52. The molecule has 0 aliphatic heterocycles. The second-order valence-corrected chi connectivity index (χ2v) is 4.72. The molecule has 110 valence electrons. The van der Waals surface area contributed by atoms with Crippen LogP contribution in [0.5, 0.6) is 0 Å². The molecule has 20 heavy (non-hydrogen) atoms. The van der Waals surface area contributed by atoms with Crippen molar-refractivity contribution in [2.45, 2.75) is 25.2 Å². The van der Waals surface area contributed by atoms with Gasteiger partial charge >= 0.3 is 0 Å². The summed E-state index contributed by atoms with van der Waals surface area (Å²) >= 11 is 3.92. The molecule has 0 radical (unpaired) electrons. The van der Waals surface area contributed by atoms with Gasteiger partial charge in [-0.25, -0.2) is 4.39 Å². The fraction of sp³-hybridized carbons (Fsp3) is 0.429. The van der Waals surface area contributed by atoms with Gasteiger partial charge in [0.15, 0.2) is 0 Å². The van der Waals surface area contributed by atoms with Gasteiger partial charge < -0.3 is 10.2 Å². The molecule has 0 heterocycles. The van der Waals surface area contributed by atoms with Crippen molar-refractivity contribution in [2.24, 2.45) is 0 Å². The molecule has 0 aliphatic carbocycles. The van der Waals surface area contributed by atoms with Gasteiger partial charge in [-0.3, -0.25) is 9.59 Å². The maximum Gasteiger partial charge on any atom is 0.251 e. The molecule has 0 fully saturated rings. The SMILES string of the molecule is CCN(CC)C(=O)CCNC(=O)c1ccc(F)c(S)c1. The molecule has 0 atom stereocenters. The molecular formula is C14H19FN2O2S. The first-order chi connectivity index (χ1) is 9.49. The standard InChI is InChI=1S/C14H19FN2O2S/c1-3-17(4-2)13(18)7-8-16-14(19)10-5-6-11(15)12(20)9-10/h5-6,9,20H,3-4,7-8H2,1-2H3,(H,16,19). The van der Waals surface area contributed by atoms with Gasteiger partial charge in [-0.15, -0.1) is 12.6 Å². The summed E-state index contributed by atoms with van der Waals surface area (Å²) in [4.78, 5) is 25.4. The molecule has 0 aliphatic rings. The van der Waals surface area contributed by atoms with E-state index in [2.05, 4.69) is 17.9 Å². The highest BCUT2D eigenvalue weighted by Gasteiger charge is 2.11. The Kier molecular flexibility index (Phi) is 6.51. The Balaban J connectivity index is 2.47. The van der Waals surface area contributed by atoms with Crippen molar-refractivity contribution in [3.05, 3.63) is 29.6 Å². The minimum absolute atomic E-state index is 0.00397. The third-order valence-electron chi connectivity index (χ3n) is 2.95. The Morgan fingerprint density at radius 1 is 1.30 bits per heavy atom. The van der Waals surface area contributed by atoms with Crippen molar-refractivity contribution >= 4 is 24.4 Å². The monoisotopic (exact) mass is 298 g/mol. The van der Waals surface area contributed by atoms with Crippen LogP contribution in [-0.4, -0.2) is 36.3 Å². The second kappa shape index (κ2) is 7.89. The number of hydrogen-bond donors (Lipinski definition) is 2. The van der Waals surface area contributed by atoms with Gasteiger partial charge in [0.2, 0.25) is 5.91 Å². The number of nitrogens with one attached hydrogen (secondary N) is 1. The lowest BCUT2D eigenvalue weighted by molar-refractivity contribution is -0.130. The molecule has 4 nitrogen and oxygen atoms in total. The zero-order chi connectivity index (χ0) is 15.1. The number of nitrogens with zero attached hydrogens (tertiary/aromatic N) is 1. The summed E-state index contributed by atoms with van der Waals surface area (Å²) in [6.07, 6.45) is 0.252. The molecule has 0 saturated carbocycles. The van der Waals surface area contributed by atoms with Crippen LogP contribution >= 0.6 is 12.6 Å². The molecule has 1 rings (SSSR count). The summed E-state index contributed by atoms with van der Waals surface area (Å²) in [5.74, 6) is -0.807. The number of halogens is 1. The molecule has 0 bridgehead atoms. The van der Waals surface area contributed by atoms with Crippen LogP contribution in [0, 0.1) is 5.82 Å². The van der Waals surface area contributed by atoms with Crippen LogP contribution < -0.4 is 5.32 Å². The van der Waals surface area contributed by atoms with Gasteiger partial charge in [0.25, 0.3) is 5.91 Å². The molecule has 1 aromatic carbocycles. The van der Waals surface area contributed by atoms with Crippen molar-refractivity contribution in [1.82, 2.24) is 10.2 Å². The van der Waals surface area contributed by atoms with E-state index in [1.807, 2.05) is 13.8 Å². The largest absolute Gasteiger partial charge is 0.352 e. The zero-order valence-corrected chi connectivity index (χ0v) is 12.5. The van der Waals surface area contributed by atoms with E-state index in [9.17, 15) is 14.0 Å². The Morgan fingerprint density at radius 3 is 2.50 bits per heavy atom. The maximum absolute atomic E-state index is 13.0. The van der Waals surface area contributed by atoms with Gasteiger partial charge in [-0.05, 0) is 32.0 Å². The van der Waals surface area contributed by atoms with Gasteiger partial charge in [-0.1, -0.05) is 0 Å². The van der Waals surface area contributed by atoms with Crippen LogP contribution in [0.4, 0.5) is 4.39 Å². The molecule has 0 saturated heterocycles. The number of carbonyl (C=O) groups excluding carboxylic acids is 2. The highest BCUT2D eigenvalue weighted by Crippen LogP contribution is 2.14. The van der Waals surface area contributed by atoms with Gasteiger partial charge in [-0.2, -0.15) is 0 Å². The van der Waals surface area contributed by atoms with E-state index in [-0.39, 0.29) is 29.7 Å². The van der Waals surface area contributed by atoms with Crippen molar-refractivity contribution in [2.75, 3.05) is 19.6 Å². The van der Waals surface area contributed by atoms with E-state index in [0.717, 1.165) is 0 Å². The lowest BCUT2D eigenvalue weighted by Crippen LogP contribution is -2.34. The molecule has 0 aromatic heterocycles. The first-order valence-electron chi connectivity index (χ1n) is 6.54. The highest BCUT2D eigenvalue weighted by molar-refractivity contribution is 7.80. The maximum atomic E-state index is 13.0. The molecular weight excluding hydrogens is 279 g/mol. The first-order valence-corrected chi connectivity index (χ1v) is 6.98. The van der Waals surface area contributed by atoms with E-state index in [1.165, 1.54) is 18.2 Å². The lowest BCUT2D eigenvalue weighted by atomic mass is 10.2. The summed E-state index contributed by atoms with van der Waals surface area (Å²) in [7, 11) is 0. The Morgan fingerprint density at radius 2 is 1.95 bits per heavy atom. The van der Waals surface area contributed by atoms with Crippen LogP contribution in [-0.2, 0) is 4.79 Å². The van der Waals surface area contributed by atoms with Crippen molar-refractivity contribution < 1.29 is 14.0 Å².